The van der Waals surface area contributed by atoms with Crippen LogP contribution in [0.2, 0.25) is 0 Å². The largest absolute Gasteiger partial charge is 0.497 e. The molecule has 3 rings (SSSR count). The van der Waals surface area contributed by atoms with E-state index in [1.807, 2.05) is 24.3 Å². The highest BCUT2D eigenvalue weighted by atomic mass is 16.5. The minimum absolute atomic E-state index is 0.0523. The topological polar surface area (TPSA) is 96.9 Å². The number of benzene rings is 1. The molecule has 0 radical (unpaired) electrons. The second-order valence-corrected chi connectivity index (χ2v) is 7.28. The van der Waals surface area contributed by atoms with Gasteiger partial charge in [0.15, 0.2) is 0 Å². The van der Waals surface area contributed by atoms with Crippen LogP contribution in [0.5, 0.6) is 5.75 Å². The summed E-state index contributed by atoms with van der Waals surface area (Å²) in [5.41, 5.74) is 0.961. The van der Waals surface area contributed by atoms with Crippen molar-refractivity contribution in [1.29, 1.82) is 0 Å². The average Bonchev–Trinajstić information content (AvgIpc) is 3.53. The van der Waals surface area contributed by atoms with E-state index >= 15 is 0 Å². The van der Waals surface area contributed by atoms with E-state index in [2.05, 4.69) is 10.6 Å². The Morgan fingerprint density at radius 3 is 2.78 bits per heavy atom. The van der Waals surface area contributed by atoms with E-state index in [4.69, 9.17) is 9.47 Å². The van der Waals surface area contributed by atoms with Crippen LogP contribution in [0.4, 0.5) is 0 Å². The number of carbonyl (C=O) groups is 2. The fourth-order valence-corrected chi connectivity index (χ4v) is 3.36. The summed E-state index contributed by atoms with van der Waals surface area (Å²) in [6, 6.07) is 7.36. The standard InChI is InChI=1S/C20H28N2O5/c1-26-15-4-2-3-13(9-15)11-21-19(24)10-16-7-8-17(18(12-23)27-16)22-20(25)14-5-6-14/h2-4,9,14,16-18,23H,5-8,10-12H2,1H3,(H,21,24)(H,22,25)/t16-,17+,18-/m1/s1. The number of hydrogen-bond acceptors (Lipinski definition) is 5. The highest BCUT2D eigenvalue weighted by molar-refractivity contribution is 5.81. The molecule has 1 aliphatic carbocycles. The minimum Gasteiger partial charge on any atom is -0.497 e. The van der Waals surface area contributed by atoms with E-state index in [1.54, 1.807) is 7.11 Å². The van der Waals surface area contributed by atoms with Gasteiger partial charge in [-0.15, -0.1) is 0 Å². The summed E-state index contributed by atoms with van der Waals surface area (Å²) in [5, 5.41) is 15.5. The molecule has 0 aromatic heterocycles. The van der Waals surface area contributed by atoms with Gasteiger partial charge >= 0.3 is 0 Å². The molecule has 0 bridgehead atoms. The molecule has 2 fully saturated rings. The highest BCUT2D eigenvalue weighted by Gasteiger charge is 2.36. The van der Waals surface area contributed by atoms with Gasteiger partial charge in [-0.05, 0) is 43.4 Å². The smallest absolute Gasteiger partial charge is 0.223 e. The number of hydrogen-bond donors (Lipinski definition) is 3. The monoisotopic (exact) mass is 376 g/mol. The first-order chi connectivity index (χ1) is 13.1. The molecule has 1 aliphatic heterocycles. The summed E-state index contributed by atoms with van der Waals surface area (Å²) in [5.74, 6) is 0.836. The van der Waals surface area contributed by atoms with E-state index < -0.39 is 6.10 Å². The van der Waals surface area contributed by atoms with Crippen LogP contribution in [-0.2, 0) is 20.9 Å². The molecule has 27 heavy (non-hydrogen) atoms. The molecule has 0 unspecified atom stereocenters. The van der Waals surface area contributed by atoms with Gasteiger partial charge in [0.25, 0.3) is 0 Å². The Hall–Kier alpha value is -2.12. The lowest BCUT2D eigenvalue weighted by molar-refractivity contribution is -0.136. The van der Waals surface area contributed by atoms with E-state index in [0.29, 0.717) is 19.4 Å². The third kappa shape index (κ3) is 5.68. The van der Waals surface area contributed by atoms with Gasteiger partial charge in [-0.25, -0.2) is 0 Å². The molecule has 1 saturated carbocycles. The molecule has 1 saturated heterocycles. The van der Waals surface area contributed by atoms with Gasteiger partial charge in [-0.1, -0.05) is 12.1 Å². The molecule has 1 heterocycles. The molecule has 1 aromatic rings. The average molecular weight is 376 g/mol. The molecule has 3 N–H and O–H groups in total. The maximum Gasteiger partial charge on any atom is 0.223 e. The maximum atomic E-state index is 12.2. The summed E-state index contributed by atoms with van der Waals surface area (Å²) in [6.07, 6.45) is 2.80. The fourth-order valence-electron chi connectivity index (χ4n) is 3.36. The van der Waals surface area contributed by atoms with Gasteiger partial charge in [-0.3, -0.25) is 9.59 Å². The maximum absolute atomic E-state index is 12.2. The third-order valence-electron chi connectivity index (χ3n) is 5.11. The van der Waals surface area contributed by atoms with Crippen molar-refractivity contribution in [2.75, 3.05) is 13.7 Å². The molecule has 7 heteroatoms. The van der Waals surface area contributed by atoms with Crippen molar-refractivity contribution >= 4 is 11.8 Å². The predicted molar refractivity (Wildman–Crippen MR) is 99.1 cm³/mol. The number of amides is 2. The third-order valence-corrected chi connectivity index (χ3v) is 5.11. The lowest BCUT2D eigenvalue weighted by atomic mass is 9.96. The van der Waals surface area contributed by atoms with Crippen molar-refractivity contribution in [3.05, 3.63) is 29.8 Å². The van der Waals surface area contributed by atoms with Crippen molar-refractivity contribution in [1.82, 2.24) is 10.6 Å². The Kier molecular flexibility index (Phi) is 6.68. The highest BCUT2D eigenvalue weighted by Crippen LogP contribution is 2.30. The van der Waals surface area contributed by atoms with Crippen LogP contribution in [0.15, 0.2) is 24.3 Å². The lowest BCUT2D eigenvalue weighted by Gasteiger charge is -2.36. The van der Waals surface area contributed by atoms with Gasteiger partial charge in [0.1, 0.15) is 11.9 Å². The van der Waals surface area contributed by atoms with Crippen LogP contribution in [0.1, 0.15) is 37.7 Å². The zero-order valence-electron chi connectivity index (χ0n) is 15.6. The zero-order valence-corrected chi connectivity index (χ0v) is 15.6. The molecule has 1 aromatic carbocycles. The summed E-state index contributed by atoms with van der Waals surface area (Å²) in [7, 11) is 1.61. The molecule has 148 valence electrons. The molecule has 2 amide bonds. The number of nitrogens with one attached hydrogen (secondary N) is 2. The first-order valence-electron chi connectivity index (χ1n) is 9.55. The Morgan fingerprint density at radius 2 is 2.07 bits per heavy atom. The first-order valence-corrected chi connectivity index (χ1v) is 9.55. The molecule has 0 spiro atoms. The fraction of sp³-hybridized carbons (Fsp3) is 0.600. The molecule has 3 atom stereocenters. The van der Waals surface area contributed by atoms with Crippen molar-refractivity contribution in [2.24, 2.45) is 5.92 Å². The van der Waals surface area contributed by atoms with Crippen molar-refractivity contribution in [2.45, 2.75) is 56.9 Å². The van der Waals surface area contributed by atoms with E-state index in [1.165, 1.54) is 0 Å². The second-order valence-electron chi connectivity index (χ2n) is 7.28. The number of ether oxygens (including phenoxy) is 2. The Balaban J connectivity index is 1.43. The lowest BCUT2D eigenvalue weighted by Crippen LogP contribution is -2.51. The number of rotatable bonds is 8. The van der Waals surface area contributed by atoms with E-state index in [0.717, 1.165) is 24.2 Å². The van der Waals surface area contributed by atoms with E-state index in [-0.39, 0.29) is 42.9 Å². The van der Waals surface area contributed by atoms with Gasteiger partial charge in [0.2, 0.25) is 11.8 Å². The van der Waals surface area contributed by atoms with E-state index in [9.17, 15) is 14.7 Å². The zero-order chi connectivity index (χ0) is 19.2. The normalized spacial score (nSPS) is 24.9. The predicted octanol–water partition coefficient (Wildman–Crippen LogP) is 1.14. The Labute approximate surface area is 159 Å². The SMILES string of the molecule is COc1cccc(CNC(=O)C[C@H]2CC[C@H](NC(=O)C3CC3)[C@@H](CO)O2)c1. The van der Waals surface area contributed by atoms with Gasteiger partial charge in [0.05, 0.1) is 32.3 Å². The Bertz CT molecular complexity index is 662. The number of aliphatic hydroxyl groups is 1. The number of carbonyl (C=O) groups excluding carboxylic acids is 2. The summed E-state index contributed by atoms with van der Waals surface area (Å²) in [6.45, 7) is 0.254. The number of methoxy groups -OCH3 is 1. The quantitative estimate of drug-likeness (QED) is 0.632. The number of aliphatic hydroxyl groups excluding tert-OH is 1. The van der Waals surface area contributed by atoms with Crippen molar-refractivity contribution in [3.63, 3.8) is 0 Å². The van der Waals surface area contributed by atoms with Crippen LogP contribution in [-0.4, -0.2) is 48.9 Å². The first kappa shape index (κ1) is 19.6. The summed E-state index contributed by atoms with van der Waals surface area (Å²) in [4.78, 5) is 24.2. The molecule has 2 aliphatic rings. The second kappa shape index (κ2) is 9.19. The molecule has 7 nitrogen and oxygen atoms in total. The molecular weight excluding hydrogens is 348 g/mol. The van der Waals surface area contributed by atoms with Crippen LogP contribution < -0.4 is 15.4 Å². The van der Waals surface area contributed by atoms with Crippen LogP contribution in [0.3, 0.4) is 0 Å². The van der Waals surface area contributed by atoms with Crippen molar-refractivity contribution < 1.29 is 24.2 Å². The van der Waals surface area contributed by atoms with Gasteiger partial charge in [-0.2, -0.15) is 0 Å². The Morgan fingerprint density at radius 1 is 1.26 bits per heavy atom. The molecular formula is C20H28N2O5. The van der Waals surface area contributed by atoms with Crippen molar-refractivity contribution in [3.8, 4) is 5.75 Å². The van der Waals surface area contributed by atoms with Crippen LogP contribution >= 0.6 is 0 Å². The van der Waals surface area contributed by atoms with Gasteiger partial charge < -0.3 is 25.2 Å². The summed E-state index contributed by atoms with van der Waals surface area (Å²) >= 11 is 0. The van der Waals surface area contributed by atoms with Crippen LogP contribution in [0.25, 0.3) is 0 Å². The summed E-state index contributed by atoms with van der Waals surface area (Å²) < 4.78 is 11.0. The van der Waals surface area contributed by atoms with Gasteiger partial charge in [0, 0.05) is 12.5 Å². The van der Waals surface area contributed by atoms with Crippen LogP contribution in [0, 0.1) is 5.92 Å². The minimum atomic E-state index is -0.461.